The summed E-state index contributed by atoms with van der Waals surface area (Å²) in [4.78, 5) is 81.5. The van der Waals surface area contributed by atoms with Gasteiger partial charge in [0.15, 0.2) is 24.8 Å². The number of carbonyl (C=O) groups excluding carboxylic acids is 6. The van der Waals surface area contributed by atoms with Crippen molar-refractivity contribution in [3.05, 3.63) is 152 Å². The number of ketones is 2. The fourth-order valence-electron chi connectivity index (χ4n) is 10.2. The molecule has 0 saturated carbocycles. The number of benzene rings is 3. The summed E-state index contributed by atoms with van der Waals surface area (Å²) in [7, 11) is 0. The van der Waals surface area contributed by atoms with Gasteiger partial charge in [-0.05, 0) is 92.5 Å². The highest BCUT2D eigenvalue weighted by Crippen LogP contribution is 2.46. The number of para-hydroxylation sites is 1. The molecule has 8 rings (SSSR count). The number of halogens is 4. The van der Waals surface area contributed by atoms with Crippen LogP contribution in [0.4, 0.5) is 15.3 Å². The number of rotatable bonds is 33. The van der Waals surface area contributed by atoms with Crippen molar-refractivity contribution >= 4 is 99.4 Å². The number of piperidine rings is 1. The molecule has 90 heavy (non-hydrogen) atoms. The zero-order valence-electron chi connectivity index (χ0n) is 50.2. The molecule has 1 saturated heterocycles. The first kappa shape index (κ1) is 68.5. The van der Waals surface area contributed by atoms with E-state index in [1.807, 2.05) is 31.7 Å². The lowest BCUT2D eigenvalue weighted by atomic mass is 9.81. The number of allylic oxidation sites excluding steroid dienone is 4. The van der Waals surface area contributed by atoms with Gasteiger partial charge in [-0.1, -0.05) is 144 Å². The van der Waals surface area contributed by atoms with Gasteiger partial charge in [0.25, 0.3) is 11.8 Å². The molecule has 4 aliphatic rings. The van der Waals surface area contributed by atoms with Crippen LogP contribution in [0.2, 0.25) is 20.1 Å². The smallest absolute Gasteiger partial charge is 0.407 e. The molecule has 4 heterocycles. The number of hydrogen-bond acceptors (Lipinski definition) is 18. The van der Waals surface area contributed by atoms with Gasteiger partial charge < -0.3 is 45.1 Å². The Morgan fingerprint density at radius 2 is 1.32 bits per heavy atom. The number of aromatic nitrogens is 3. The van der Waals surface area contributed by atoms with E-state index in [4.69, 9.17) is 65.4 Å². The van der Waals surface area contributed by atoms with Crippen molar-refractivity contribution in [2.75, 3.05) is 83.7 Å². The summed E-state index contributed by atoms with van der Waals surface area (Å²) in [5, 5.41) is 30.0. The second-order valence-corrected chi connectivity index (χ2v) is 24.1. The average Bonchev–Trinajstić information content (AvgIpc) is 2.63. The van der Waals surface area contributed by atoms with Gasteiger partial charge in [0.1, 0.15) is 33.3 Å². The van der Waals surface area contributed by atoms with Crippen LogP contribution in [-0.2, 0) is 32.2 Å². The number of anilines is 1. The maximum absolute atomic E-state index is 12.8. The van der Waals surface area contributed by atoms with Crippen LogP contribution in [0.15, 0.2) is 130 Å². The number of aryl methyl sites for hydroxylation is 1. The third-order valence-corrected chi connectivity index (χ3v) is 18.1. The summed E-state index contributed by atoms with van der Waals surface area (Å²) in [6, 6.07) is 14.3. The van der Waals surface area contributed by atoms with Crippen molar-refractivity contribution in [2.45, 2.75) is 94.2 Å². The molecule has 480 valence electrons. The third kappa shape index (κ3) is 19.1. The molecule has 4 aromatic rings. The standard InChI is InChI=1S/C63H74Cl4N12O10S/c1-5-40(3)60(82)46-19-21-50(58(66)56(46)64)88-38-53(80)68-24-11-27-77-36-43(72-74-77)34-70-62(84)86-31-13-26-76-30-23-42(45-15-7-8-16-48(45)76)33-55-79(49-17-9-10-18-52(49)90-55)29-14-32-87-63(85)71-35-44-37-78(75-73-44)28-12-25-69-54(81)39-89-51-22-20-47(57(65)59(51)67)61(83)41(4)6-2/h7-10,15-22,33,36,44-45,48,55H,3-6,11-14,23-32,34-35,37-39H2,1-2H3,(H,68,80)(H,69,81)(H,70,84)(H,71,85). The molecule has 0 spiro atoms. The highest BCUT2D eigenvalue weighted by Gasteiger charge is 2.35. The van der Waals surface area contributed by atoms with E-state index in [2.05, 4.69) is 113 Å². The number of likely N-dealkylation sites (tertiary alicyclic amines) is 1. The SMILES string of the molecule is C=C(CC)C(=O)c1ccc(OCC(=O)NCCCN2CC(CNC(=O)OCCCN3c4ccccc4SC3C=C3CCN(CCCOC(=O)NCc4cn(CCCNC(=O)COc5ccc(C(=O)C(=C)CC)c(Cl)c5Cl)nn4)C4C=CC=CC34)N=N2)c(Cl)c1Cl. The van der Waals surface area contributed by atoms with Crippen LogP contribution >= 0.6 is 58.2 Å². The molecule has 1 aliphatic carbocycles. The summed E-state index contributed by atoms with van der Waals surface area (Å²) >= 11 is 27.1. The maximum Gasteiger partial charge on any atom is 0.407 e. The van der Waals surface area contributed by atoms with Crippen molar-refractivity contribution in [3.63, 3.8) is 0 Å². The molecule has 4 N–H and O–H groups in total. The van der Waals surface area contributed by atoms with E-state index in [0.29, 0.717) is 94.6 Å². The highest BCUT2D eigenvalue weighted by molar-refractivity contribution is 8.00. The largest absolute Gasteiger partial charge is 0.482 e. The number of hydrogen-bond donors (Lipinski definition) is 4. The van der Waals surface area contributed by atoms with Crippen LogP contribution in [0, 0.1) is 5.92 Å². The number of thioether (sulfide) groups is 1. The van der Waals surface area contributed by atoms with Crippen LogP contribution in [0.1, 0.15) is 85.2 Å². The van der Waals surface area contributed by atoms with Crippen molar-refractivity contribution in [1.82, 2.24) is 46.2 Å². The average molecular weight is 1330 g/mol. The minimum Gasteiger partial charge on any atom is -0.482 e. The van der Waals surface area contributed by atoms with Crippen LogP contribution in [-0.4, -0.2) is 157 Å². The quantitative estimate of drug-likeness (QED) is 0.0150. The Bertz CT molecular complexity index is 3400. The first-order valence-electron chi connectivity index (χ1n) is 29.9. The van der Waals surface area contributed by atoms with E-state index in [1.54, 1.807) is 15.9 Å². The number of alkyl carbamates (subject to hydrolysis) is 2. The summed E-state index contributed by atoms with van der Waals surface area (Å²) in [6.45, 7) is 16.0. The Morgan fingerprint density at radius 3 is 1.98 bits per heavy atom. The summed E-state index contributed by atoms with van der Waals surface area (Å²) < 4.78 is 23.9. The molecule has 4 unspecified atom stereocenters. The molecule has 27 heteroatoms. The molecule has 3 aromatic carbocycles. The minimum absolute atomic E-state index is 0.0386. The number of nitrogens with zero attached hydrogens (tertiary/aromatic N) is 8. The molecule has 0 bridgehead atoms. The lowest BCUT2D eigenvalue weighted by Crippen LogP contribution is -2.46. The molecule has 3 aliphatic heterocycles. The van der Waals surface area contributed by atoms with Crippen molar-refractivity contribution < 1.29 is 47.7 Å². The number of carbonyl (C=O) groups is 6. The minimum atomic E-state index is -0.545. The Kier molecular flexibility index (Phi) is 26.0. The topological polar surface area (TPSA) is 253 Å². The predicted octanol–water partition coefficient (Wildman–Crippen LogP) is 10.8. The Morgan fingerprint density at radius 1 is 0.711 bits per heavy atom. The van der Waals surface area contributed by atoms with Gasteiger partial charge >= 0.3 is 12.2 Å². The number of fused-ring (bicyclic) bond motifs is 2. The van der Waals surface area contributed by atoms with E-state index in [1.165, 1.54) is 34.7 Å². The molecular weight excluding hydrogens is 1260 g/mol. The first-order chi connectivity index (χ1) is 43.5. The van der Waals surface area contributed by atoms with Crippen LogP contribution in [0.3, 0.4) is 0 Å². The van der Waals surface area contributed by atoms with Crippen LogP contribution in [0.25, 0.3) is 0 Å². The molecule has 4 atom stereocenters. The van der Waals surface area contributed by atoms with Crippen LogP contribution in [0.5, 0.6) is 11.5 Å². The number of amides is 4. The normalized spacial score (nSPS) is 17.8. The summed E-state index contributed by atoms with van der Waals surface area (Å²) in [6.07, 6.45) is 16.1. The molecular formula is C63H74Cl4N12O10S. The zero-order valence-corrected chi connectivity index (χ0v) is 54.1. The van der Waals surface area contributed by atoms with Gasteiger partial charge in [0.05, 0.1) is 53.6 Å². The number of nitrogens with one attached hydrogen (secondary N) is 4. The van der Waals surface area contributed by atoms with Gasteiger partial charge in [-0.2, -0.15) is 5.11 Å². The van der Waals surface area contributed by atoms with Gasteiger partial charge in [0.2, 0.25) is 0 Å². The lowest BCUT2D eigenvalue weighted by Gasteiger charge is -2.42. The number of ether oxygens (including phenoxy) is 4. The van der Waals surface area contributed by atoms with Gasteiger partial charge in [0, 0.05) is 80.3 Å². The van der Waals surface area contributed by atoms with E-state index in [0.717, 1.165) is 25.2 Å². The summed E-state index contributed by atoms with van der Waals surface area (Å²) in [5.41, 5.74) is 4.33. The van der Waals surface area contributed by atoms with E-state index >= 15 is 0 Å². The van der Waals surface area contributed by atoms with Crippen LogP contribution < -0.4 is 35.6 Å². The predicted molar refractivity (Wildman–Crippen MR) is 347 cm³/mol. The molecule has 22 nitrogen and oxygen atoms in total. The molecule has 1 aromatic heterocycles. The third-order valence-electron chi connectivity index (χ3n) is 15.2. The monoisotopic (exact) mass is 1330 g/mol. The van der Waals surface area contributed by atoms with Crippen molar-refractivity contribution in [2.24, 2.45) is 16.3 Å². The number of Topliss-reactive ketones (excluding diaryl/α,β-unsaturated/α-hetero) is 2. The highest BCUT2D eigenvalue weighted by atomic mass is 35.5. The summed E-state index contributed by atoms with van der Waals surface area (Å²) in [5.74, 6) is -0.767. The van der Waals surface area contributed by atoms with Crippen molar-refractivity contribution in [1.29, 1.82) is 0 Å². The molecule has 1 fully saturated rings. The second-order valence-electron chi connectivity index (χ2n) is 21.5. The van der Waals surface area contributed by atoms with Crippen molar-refractivity contribution in [3.8, 4) is 11.5 Å². The maximum atomic E-state index is 12.8. The van der Waals surface area contributed by atoms with E-state index in [-0.39, 0.29) is 129 Å². The Balaban J connectivity index is 0.676. The molecule has 0 radical (unpaired) electrons. The van der Waals surface area contributed by atoms with E-state index in [9.17, 15) is 28.8 Å². The van der Waals surface area contributed by atoms with E-state index < -0.39 is 12.2 Å². The zero-order chi connectivity index (χ0) is 64.1. The fraction of sp³-hybridized carbons (Fsp3) is 0.429. The van der Waals surface area contributed by atoms with Gasteiger partial charge in [-0.3, -0.25) is 33.8 Å². The first-order valence-corrected chi connectivity index (χ1v) is 32.3. The second kappa shape index (κ2) is 34.1. The van der Waals surface area contributed by atoms with Gasteiger partial charge in [-0.25, -0.2) is 9.59 Å². The molecule has 4 amide bonds. The fourth-order valence-corrected chi connectivity index (χ4v) is 12.5. The Labute approximate surface area is 547 Å². The van der Waals surface area contributed by atoms with Gasteiger partial charge in [-0.15, -0.1) is 5.10 Å². The lowest BCUT2D eigenvalue weighted by molar-refractivity contribution is -0.123. The Hall–Kier alpha value is -7.41.